The lowest BCUT2D eigenvalue weighted by atomic mass is 10.1. The highest BCUT2D eigenvalue weighted by molar-refractivity contribution is 7.91. The lowest BCUT2D eigenvalue weighted by Gasteiger charge is -2.35. The molecule has 1 saturated heterocycles. The van der Waals surface area contributed by atoms with Crippen LogP contribution in [-0.4, -0.2) is 68.2 Å². The Morgan fingerprint density at radius 1 is 1.15 bits per heavy atom. The molecule has 0 aliphatic carbocycles. The molecule has 0 unspecified atom stereocenters. The molecular weight excluding hydrogens is 382 g/mol. The van der Waals surface area contributed by atoms with Crippen LogP contribution in [0, 0.1) is 6.92 Å². The molecule has 0 N–H and O–H groups in total. The highest BCUT2D eigenvalue weighted by Gasteiger charge is 2.27. The molecule has 2 heterocycles. The van der Waals surface area contributed by atoms with Crippen molar-refractivity contribution in [2.75, 3.05) is 39.8 Å². The highest BCUT2D eigenvalue weighted by Crippen LogP contribution is 2.20. The molecule has 0 atom stereocenters. The van der Waals surface area contributed by atoms with Gasteiger partial charge in [-0.05, 0) is 23.9 Å². The second-order valence-corrected chi connectivity index (χ2v) is 10.1. The Hall–Kier alpha value is -1.74. The summed E-state index contributed by atoms with van der Waals surface area (Å²) in [6.07, 6.45) is 0. The van der Waals surface area contributed by atoms with E-state index in [-0.39, 0.29) is 16.7 Å². The summed E-state index contributed by atoms with van der Waals surface area (Å²) in [5, 5.41) is 1.72. The zero-order chi connectivity index (χ0) is 19.4. The van der Waals surface area contributed by atoms with Gasteiger partial charge in [-0.25, -0.2) is 8.42 Å². The molecule has 6 nitrogen and oxygen atoms in total. The number of nitrogens with zero attached hydrogens (tertiary/aromatic N) is 3. The molecule has 146 valence electrons. The van der Waals surface area contributed by atoms with Crippen molar-refractivity contribution in [3.05, 3.63) is 52.9 Å². The Balaban J connectivity index is 1.51. The monoisotopic (exact) mass is 407 g/mol. The first-order chi connectivity index (χ1) is 12.9. The van der Waals surface area contributed by atoms with Crippen LogP contribution in [0.25, 0.3) is 0 Å². The number of carbonyl (C=O) groups excluding carboxylic acids is 1. The van der Waals surface area contributed by atoms with Gasteiger partial charge >= 0.3 is 0 Å². The van der Waals surface area contributed by atoms with Crippen molar-refractivity contribution in [2.24, 2.45) is 0 Å². The summed E-state index contributed by atoms with van der Waals surface area (Å²) >= 11 is 1.16. The van der Waals surface area contributed by atoms with Crippen molar-refractivity contribution in [3.8, 4) is 0 Å². The number of amides is 1. The average Bonchev–Trinajstić information content (AvgIpc) is 3.18. The van der Waals surface area contributed by atoms with Crippen LogP contribution in [0.3, 0.4) is 0 Å². The number of carbonyl (C=O) groups is 1. The fourth-order valence-electron chi connectivity index (χ4n) is 3.16. The molecule has 0 saturated carbocycles. The lowest BCUT2D eigenvalue weighted by Crippen LogP contribution is -2.51. The third kappa shape index (κ3) is 4.95. The van der Waals surface area contributed by atoms with E-state index in [1.54, 1.807) is 22.4 Å². The zero-order valence-corrected chi connectivity index (χ0v) is 17.3. The third-order valence-corrected chi connectivity index (χ3v) is 7.91. The van der Waals surface area contributed by atoms with Gasteiger partial charge in [0.25, 0.3) is 10.0 Å². The Kier molecular flexibility index (Phi) is 6.31. The molecule has 1 aliphatic heterocycles. The van der Waals surface area contributed by atoms with E-state index < -0.39 is 10.0 Å². The second kappa shape index (κ2) is 8.52. The molecule has 1 aromatic heterocycles. The van der Waals surface area contributed by atoms with E-state index >= 15 is 0 Å². The number of rotatable bonds is 6. The quantitative estimate of drug-likeness (QED) is 0.735. The van der Waals surface area contributed by atoms with E-state index in [1.807, 2.05) is 0 Å². The molecule has 2 aromatic rings. The van der Waals surface area contributed by atoms with E-state index in [1.165, 1.54) is 18.2 Å². The molecule has 1 fully saturated rings. The Labute approximate surface area is 165 Å². The van der Waals surface area contributed by atoms with Crippen molar-refractivity contribution < 1.29 is 13.2 Å². The molecule has 1 aliphatic rings. The minimum Gasteiger partial charge on any atom is -0.339 e. The normalized spacial score (nSPS) is 16.0. The number of aryl methyl sites for hydroxylation is 1. The van der Waals surface area contributed by atoms with Crippen LogP contribution in [-0.2, 0) is 21.4 Å². The maximum absolute atomic E-state index is 12.5. The van der Waals surface area contributed by atoms with Gasteiger partial charge in [-0.15, -0.1) is 11.3 Å². The summed E-state index contributed by atoms with van der Waals surface area (Å²) in [5.41, 5.74) is 2.52. The van der Waals surface area contributed by atoms with Gasteiger partial charge in [0, 0.05) is 39.8 Å². The molecule has 8 heteroatoms. The van der Waals surface area contributed by atoms with Gasteiger partial charge in [-0.1, -0.05) is 35.9 Å². The van der Waals surface area contributed by atoms with E-state index in [2.05, 4.69) is 36.1 Å². The summed E-state index contributed by atoms with van der Waals surface area (Å²) in [6.45, 7) is 5.66. The smallest absolute Gasteiger partial charge is 0.252 e. The summed E-state index contributed by atoms with van der Waals surface area (Å²) in [5.74, 6) is -0.146. The fourth-order valence-corrected chi connectivity index (χ4v) is 5.48. The van der Waals surface area contributed by atoms with Gasteiger partial charge in [-0.2, -0.15) is 4.31 Å². The van der Waals surface area contributed by atoms with Gasteiger partial charge in [0.2, 0.25) is 5.91 Å². The zero-order valence-electron chi connectivity index (χ0n) is 15.7. The molecular formula is C19H25N3O3S2. The second-order valence-electron chi connectivity index (χ2n) is 6.84. The van der Waals surface area contributed by atoms with Crippen molar-refractivity contribution in [3.63, 3.8) is 0 Å². The van der Waals surface area contributed by atoms with Gasteiger partial charge in [0.1, 0.15) is 4.21 Å². The third-order valence-electron chi connectivity index (χ3n) is 4.73. The van der Waals surface area contributed by atoms with Crippen molar-refractivity contribution in [1.82, 2.24) is 14.1 Å². The lowest BCUT2D eigenvalue weighted by molar-refractivity contribution is -0.133. The summed E-state index contributed by atoms with van der Waals surface area (Å²) in [6, 6.07) is 11.7. The first-order valence-corrected chi connectivity index (χ1v) is 11.2. The molecule has 3 rings (SSSR count). The van der Waals surface area contributed by atoms with Crippen molar-refractivity contribution in [2.45, 2.75) is 17.7 Å². The van der Waals surface area contributed by atoms with Crippen LogP contribution in [0.1, 0.15) is 11.1 Å². The first-order valence-electron chi connectivity index (χ1n) is 8.92. The summed E-state index contributed by atoms with van der Waals surface area (Å²) in [7, 11) is -2.13. The van der Waals surface area contributed by atoms with Crippen molar-refractivity contribution in [1.29, 1.82) is 0 Å². The van der Waals surface area contributed by atoms with Gasteiger partial charge in [0.05, 0.1) is 6.54 Å². The molecule has 1 amide bonds. The minimum absolute atomic E-state index is 0.127. The van der Waals surface area contributed by atoms with E-state index in [9.17, 15) is 13.2 Å². The molecule has 27 heavy (non-hydrogen) atoms. The average molecular weight is 408 g/mol. The Morgan fingerprint density at radius 3 is 2.52 bits per heavy atom. The fraction of sp³-hybridized carbons (Fsp3) is 0.421. The number of piperazine rings is 1. The highest BCUT2D eigenvalue weighted by atomic mass is 32.2. The predicted octanol–water partition coefficient (Wildman–Crippen LogP) is 2.02. The topological polar surface area (TPSA) is 60.9 Å². The Morgan fingerprint density at radius 2 is 1.89 bits per heavy atom. The number of benzene rings is 1. The number of hydrogen-bond acceptors (Lipinski definition) is 5. The van der Waals surface area contributed by atoms with Crippen LogP contribution in [0.5, 0.6) is 0 Å². The molecule has 0 bridgehead atoms. The van der Waals surface area contributed by atoms with Gasteiger partial charge < -0.3 is 4.90 Å². The Bertz CT molecular complexity index is 873. The van der Waals surface area contributed by atoms with Crippen LogP contribution >= 0.6 is 11.3 Å². The number of sulfonamides is 1. The standard InChI is InChI=1S/C19H25N3O3S2/c1-16-5-3-6-17(13-16)14-21-8-10-22(11-9-21)18(23)15-20(2)27(24,25)19-7-4-12-26-19/h3-7,12-13H,8-11,14-15H2,1-2H3. The predicted molar refractivity (Wildman–Crippen MR) is 107 cm³/mol. The van der Waals surface area contributed by atoms with Crippen molar-refractivity contribution >= 4 is 27.3 Å². The maximum atomic E-state index is 12.5. The van der Waals surface area contributed by atoms with E-state index in [0.29, 0.717) is 13.1 Å². The van der Waals surface area contributed by atoms with Gasteiger partial charge in [-0.3, -0.25) is 9.69 Å². The van der Waals surface area contributed by atoms with Gasteiger partial charge in [0.15, 0.2) is 0 Å². The van der Waals surface area contributed by atoms with Crippen LogP contribution in [0.2, 0.25) is 0 Å². The number of likely N-dealkylation sites (N-methyl/N-ethyl adjacent to an activating group) is 1. The maximum Gasteiger partial charge on any atom is 0.252 e. The first kappa shape index (κ1) is 20.0. The number of hydrogen-bond donors (Lipinski definition) is 0. The van der Waals surface area contributed by atoms with E-state index in [4.69, 9.17) is 0 Å². The summed E-state index contributed by atoms with van der Waals surface area (Å²) in [4.78, 5) is 16.6. The van der Waals surface area contributed by atoms with E-state index in [0.717, 1.165) is 35.3 Å². The minimum atomic E-state index is -3.59. The summed E-state index contributed by atoms with van der Waals surface area (Å²) < 4.78 is 26.3. The van der Waals surface area contributed by atoms with Crippen LogP contribution in [0.4, 0.5) is 0 Å². The molecule has 1 aromatic carbocycles. The SMILES string of the molecule is Cc1cccc(CN2CCN(C(=O)CN(C)S(=O)(=O)c3cccs3)CC2)c1. The largest absolute Gasteiger partial charge is 0.339 e. The molecule has 0 spiro atoms. The van der Waals surface area contributed by atoms with Crippen LogP contribution < -0.4 is 0 Å². The number of thiophene rings is 1. The molecule has 0 radical (unpaired) electrons. The van der Waals surface area contributed by atoms with Crippen LogP contribution in [0.15, 0.2) is 46.0 Å².